The molecule has 1 heterocycles. The lowest BCUT2D eigenvalue weighted by Gasteiger charge is -2.06. The van der Waals surface area contributed by atoms with Crippen molar-refractivity contribution in [3.63, 3.8) is 0 Å². The normalized spacial score (nSPS) is 11.5. The maximum absolute atomic E-state index is 13.1. The first-order valence-electron chi connectivity index (χ1n) is 6.97. The van der Waals surface area contributed by atoms with Crippen molar-refractivity contribution in [1.29, 1.82) is 0 Å². The second kappa shape index (κ2) is 6.70. The molecule has 0 aliphatic heterocycles. The third-order valence-electron chi connectivity index (χ3n) is 3.32. The minimum atomic E-state index is -4.01. The van der Waals surface area contributed by atoms with E-state index in [1.54, 1.807) is 19.1 Å². The van der Waals surface area contributed by atoms with Crippen molar-refractivity contribution in [2.24, 2.45) is 0 Å². The molecule has 0 amide bonds. The van der Waals surface area contributed by atoms with E-state index in [4.69, 9.17) is 11.6 Å². The molecule has 130 valence electrons. The topological polar surface area (TPSA) is 59.1 Å². The standard InChI is InChI=1S/C16H11ClF2N2O2S2/c1-9-15(10-2-4-11(18)5-3-10)20-16(24-9)21-25(22,23)14-7-6-12(19)8-13(14)17/h2-8H,1H3,(H,20,21). The Labute approximate surface area is 152 Å². The Hall–Kier alpha value is -2.03. The molecule has 0 saturated carbocycles. The van der Waals surface area contributed by atoms with E-state index in [0.717, 1.165) is 34.4 Å². The van der Waals surface area contributed by atoms with Gasteiger partial charge in [-0.15, -0.1) is 11.3 Å². The first kappa shape index (κ1) is 17.8. The van der Waals surface area contributed by atoms with Gasteiger partial charge in [0.05, 0.1) is 10.7 Å². The summed E-state index contributed by atoms with van der Waals surface area (Å²) in [7, 11) is -4.01. The van der Waals surface area contributed by atoms with Crippen LogP contribution in [0, 0.1) is 18.6 Å². The molecule has 0 unspecified atom stereocenters. The van der Waals surface area contributed by atoms with Crippen LogP contribution in [-0.4, -0.2) is 13.4 Å². The van der Waals surface area contributed by atoms with Crippen LogP contribution in [-0.2, 0) is 10.0 Å². The summed E-state index contributed by atoms with van der Waals surface area (Å²) >= 11 is 6.95. The minimum absolute atomic E-state index is 0.136. The molecule has 3 aromatic rings. The molecule has 2 aromatic carbocycles. The number of thiazole rings is 1. The quantitative estimate of drug-likeness (QED) is 0.681. The monoisotopic (exact) mass is 400 g/mol. The number of nitrogens with zero attached hydrogens (tertiary/aromatic N) is 1. The van der Waals surface area contributed by atoms with E-state index >= 15 is 0 Å². The number of halogens is 3. The molecule has 3 rings (SSSR count). The predicted octanol–water partition coefficient (Wildman–Crippen LogP) is 4.85. The van der Waals surface area contributed by atoms with Crippen LogP contribution in [0.2, 0.25) is 5.02 Å². The Balaban J connectivity index is 1.93. The van der Waals surface area contributed by atoms with Crippen LogP contribution < -0.4 is 4.72 Å². The molecule has 25 heavy (non-hydrogen) atoms. The van der Waals surface area contributed by atoms with E-state index in [2.05, 4.69) is 9.71 Å². The summed E-state index contributed by atoms with van der Waals surface area (Å²) in [6.45, 7) is 1.78. The van der Waals surface area contributed by atoms with Crippen LogP contribution in [0.25, 0.3) is 11.3 Å². The summed E-state index contributed by atoms with van der Waals surface area (Å²) in [5.41, 5.74) is 1.22. The lowest BCUT2D eigenvalue weighted by Crippen LogP contribution is -2.13. The summed E-state index contributed by atoms with van der Waals surface area (Å²) in [6, 6.07) is 8.75. The fraction of sp³-hybridized carbons (Fsp3) is 0.0625. The number of rotatable bonds is 4. The molecule has 4 nitrogen and oxygen atoms in total. The summed E-state index contributed by atoms with van der Waals surface area (Å²) in [5.74, 6) is -1.00. The lowest BCUT2D eigenvalue weighted by molar-refractivity contribution is 0.599. The van der Waals surface area contributed by atoms with Crippen molar-refractivity contribution < 1.29 is 17.2 Å². The van der Waals surface area contributed by atoms with Gasteiger partial charge in [0.2, 0.25) is 0 Å². The van der Waals surface area contributed by atoms with Gasteiger partial charge in [-0.25, -0.2) is 22.2 Å². The Kier molecular flexibility index (Phi) is 4.77. The first-order valence-corrected chi connectivity index (χ1v) is 9.65. The van der Waals surface area contributed by atoms with Crippen molar-refractivity contribution in [2.45, 2.75) is 11.8 Å². The van der Waals surface area contributed by atoms with Crippen LogP contribution in [0.4, 0.5) is 13.9 Å². The average molecular weight is 401 g/mol. The molecule has 0 aliphatic carbocycles. The number of hydrogen-bond donors (Lipinski definition) is 1. The number of hydrogen-bond acceptors (Lipinski definition) is 4. The third-order valence-corrected chi connectivity index (χ3v) is 6.16. The van der Waals surface area contributed by atoms with Gasteiger partial charge in [-0.05, 0) is 49.4 Å². The number of anilines is 1. The number of sulfonamides is 1. The number of nitrogens with one attached hydrogen (secondary N) is 1. The number of aromatic nitrogens is 1. The summed E-state index contributed by atoms with van der Waals surface area (Å²) in [5, 5.41) is -0.0863. The molecule has 0 fully saturated rings. The molecule has 0 saturated heterocycles. The Bertz CT molecular complexity index is 1030. The van der Waals surface area contributed by atoms with Crippen molar-refractivity contribution >= 4 is 38.1 Å². The molecule has 1 N–H and O–H groups in total. The van der Waals surface area contributed by atoms with E-state index < -0.39 is 15.8 Å². The number of aryl methyl sites for hydroxylation is 1. The van der Waals surface area contributed by atoms with Gasteiger partial charge in [0, 0.05) is 10.4 Å². The van der Waals surface area contributed by atoms with E-state index in [-0.39, 0.29) is 20.9 Å². The SMILES string of the molecule is Cc1sc(NS(=O)(=O)c2ccc(F)cc2Cl)nc1-c1ccc(F)cc1. The maximum Gasteiger partial charge on any atom is 0.265 e. The van der Waals surface area contributed by atoms with Crippen LogP contribution >= 0.6 is 22.9 Å². The zero-order chi connectivity index (χ0) is 18.2. The molecule has 0 spiro atoms. The average Bonchev–Trinajstić information content (AvgIpc) is 2.87. The molecule has 0 bridgehead atoms. The molecule has 1 aromatic heterocycles. The Morgan fingerprint density at radius 1 is 1.08 bits per heavy atom. The molecule has 0 atom stereocenters. The van der Waals surface area contributed by atoms with Crippen molar-refractivity contribution in [2.75, 3.05) is 4.72 Å². The zero-order valence-corrected chi connectivity index (χ0v) is 15.1. The van der Waals surface area contributed by atoms with Crippen molar-refractivity contribution in [3.8, 4) is 11.3 Å². The maximum atomic E-state index is 13.1. The lowest BCUT2D eigenvalue weighted by atomic mass is 10.1. The van der Waals surface area contributed by atoms with Gasteiger partial charge in [-0.2, -0.15) is 0 Å². The van der Waals surface area contributed by atoms with Gasteiger partial charge >= 0.3 is 0 Å². The second-order valence-corrected chi connectivity index (χ2v) is 8.37. The molecule has 0 aliphatic rings. The summed E-state index contributed by atoms with van der Waals surface area (Å²) in [6.07, 6.45) is 0. The molecular weight excluding hydrogens is 390 g/mol. The Morgan fingerprint density at radius 2 is 1.72 bits per heavy atom. The first-order chi connectivity index (χ1) is 11.8. The van der Waals surface area contributed by atoms with Gasteiger partial charge in [0.1, 0.15) is 16.5 Å². The smallest absolute Gasteiger partial charge is 0.255 e. The van der Waals surface area contributed by atoms with Gasteiger partial charge in [-0.1, -0.05) is 11.6 Å². The highest BCUT2D eigenvalue weighted by molar-refractivity contribution is 7.93. The third kappa shape index (κ3) is 3.81. The largest absolute Gasteiger partial charge is 0.265 e. The fourth-order valence-electron chi connectivity index (χ4n) is 2.18. The van der Waals surface area contributed by atoms with Crippen LogP contribution in [0.5, 0.6) is 0 Å². The predicted molar refractivity (Wildman–Crippen MR) is 94.5 cm³/mol. The molecule has 0 radical (unpaired) electrons. The van der Waals surface area contributed by atoms with Gasteiger partial charge < -0.3 is 0 Å². The molecular formula is C16H11ClF2N2O2S2. The van der Waals surface area contributed by atoms with E-state index in [0.29, 0.717) is 11.3 Å². The van der Waals surface area contributed by atoms with Crippen molar-refractivity contribution in [1.82, 2.24) is 4.98 Å². The Morgan fingerprint density at radius 3 is 2.36 bits per heavy atom. The second-order valence-electron chi connectivity index (χ2n) is 5.11. The van der Waals surface area contributed by atoms with Crippen LogP contribution in [0.15, 0.2) is 47.4 Å². The summed E-state index contributed by atoms with van der Waals surface area (Å²) < 4.78 is 53.3. The number of benzene rings is 2. The molecule has 9 heteroatoms. The zero-order valence-electron chi connectivity index (χ0n) is 12.8. The van der Waals surface area contributed by atoms with Crippen LogP contribution in [0.3, 0.4) is 0 Å². The van der Waals surface area contributed by atoms with Gasteiger partial charge in [0.25, 0.3) is 10.0 Å². The van der Waals surface area contributed by atoms with Crippen molar-refractivity contribution in [3.05, 3.63) is 64.0 Å². The fourth-order valence-corrected chi connectivity index (χ4v) is 4.78. The van der Waals surface area contributed by atoms with Gasteiger partial charge in [-0.3, -0.25) is 4.72 Å². The summed E-state index contributed by atoms with van der Waals surface area (Å²) in [4.78, 5) is 4.77. The van der Waals surface area contributed by atoms with E-state index in [1.165, 1.54) is 12.1 Å². The minimum Gasteiger partial charge on any atom is -0.255 e. The van der Waals surface area contributed by atoms with Gasteiger partial charge in [0.15, 0.2) is 5.13 Å². The van der Waals surface area contributed by atoms with Crippen LogP contribution in [0.1, 0.15) is 4.88 Å². The highest BCUT2D eigenvalue weighted by Crippen LogP contribution is 2.32. The highest BCUT2D eigenvalue weighted by atomic mass is 35.5. The van der Waals surface area contributed by atoms with E-state index in [9.17, 15) is 17.2 Å². The highest BCUT2D eigenvalue weighted by Gasteiger charge is 2.21. The van der Waals surface area contributed by atoms with E-state index in [1.807, 2.05) is 0 Å².